The van der Waals surface area contributed by atoms with Gasteiger partial charge in [0.25, 0.3) is 0 Å². The molecule has 1 rings (SSSR count). The maximum Gasteiger partial charge on any atom is 0.357 e. The highest BCUT2D eigenvalue weighted by Gasteiger charge is 2.57. The van der Waals surface area contributed by atoms with Crippen molar-refractivity contribution in [3.05, 3.63) is 12.2 Å². The number of carbonyl (C=O) groups excluding carboxylic acids is 1. The predicted octanol–water partition coefficient (Wildman–Crippen LogP) is 2.03. The van der Waals surface area contributed by atoms with Gasteiger partial charge in [-0.05, 0) is 0 Å². The predicted molar refractivity (Wildman–Crippen MR) is 62.6 cm³/mol. The van der Waals surface area contributed by atoms with Gasteiger partial charge in [0.2, 0.25) is 4.49 Å². The molecule has 0 spiro atoms. The number of esters is 1. The van der Waals surface area contributed by atoms with E-state index in [0.29, 0.717) is 5.75 Å². The Morgan fingerprint density at radius 1 is 1.31 bits per heavy atom. The van der Waals surface area contributed by atoms with Crippen LogP contribution < -0.4 is 0 Å². The molecule has 0 aromatic rings. The normalized spacial score (nSPS) is 25.4. The average Bonchev–Trinajstić information content (AvgIpc) is 2.37. The summed E-state index contributed by atoms with van der Waals surface area (Å²) in [4.78, 5) is 11.8. The van der Waals surface area contributed by atoms with Gasteiger partial charge in [0, 0.05) is 26.4 Å². The third kappa shape index (κ3) is 2.07. The van der Waals surface area contributed by atoms with Crippen LogP contribution in [0.3, 0.4) is 0 Å². The summed E-state index contributed by atoms with van der Waals surface area (Å²) >= 11 is 1.22. The summed E-state index contributed by atoms with van der Waals surface area (Å²) in [6.45, 7) is 0. The van der Waals surface area contributed by atoms with Crippen molar-refractivity contribution >= 4 is 25.3 Å². The van der Waals surface area contributed by atoms with E-state index in [4.69, 9.17) is 13.8 Å². The van der Waals surface area contributed by atoms with Gasteiger partial charge in [-0.15, -0.1) is 11.8 Å². The molecule has 7 heteroatoms. The lowest BCUT2D eigenvalue weighted by atomic mass is 10.2. The maximum atomic E-state index is 12.4. The number of carbonyl (C=O) groups is 1. The highest BCUT2D eigenvalue weighted by Crippen LogP contribution is 2.66. The van der Waals surface area contributed by atoms with E-state index in [2.05, 4.69) is 0 Å². The molecule has 1 atom stereocenters. The molecule has 0 radical (unpaired) electrons. The Morgan fingerprint density at radius 2 is 1.94 bits per heavy atom. The molecule has 0 amide bonds. The molecular weight excluding hydrogens is 251 g/mol. The van der Waals surface area contributed by atoms with Gasteiger partial charge in [-0.1, -0.05) is 12.2 Å². The van der Waals surface area contributed by atoms with Crippen molar-refractivity contribution in [2.45, 2.75) is 10.9 Å². The first-order valence-electron chi connectivity index (χ1n) is 4.65. The van der Waals surface area contributed by atoms with Crippen LogP contribution in [-0.4, -0.2) is 37.5 Å². The molecule has 1 aliphatic heterocycles. The van der Waals surface area contributed by atoms with E-state index >= 15 is 0 Å². The topological polar surface area (TPSA) is 61.8 Å². The molecule has 16 heavy (non-hydrogen) atoms. The van der Waals surface area contributed by atoms with Gasteiger partial charge in [0.1, 0.15) is 0 Å². The number of hydrogen-bond acceptors (Lipinski definition) is 6. The number of ether oxygens (including phenoxy) is 1. The minimum Gasteiger partial charge on any atom is -0.467 e. The van der Waals surface area contributed by atoms with Gasteiger partial charge in [0.15, 0.2) is 0 Å². The van der Waals surface area contributed by atoms with Crippen molar-refractivity contribution in [2.24, 2.45) is 0 Å². The minimum absolute atomic E-state index is 0.281. The van der Waals surface area contributed by atoms with E-state index in [9.17, 15) is 9.36 Å². The lowest BCUT2D eigenvalue weighted by Gasteiger charge is -2.35. The van der Waals surface area contributed by atoms with Gasteiger partial charge in [-0.2, -0.15) is 0 Å². The van der Waals surface area contributed by atoms with Crippen molar-refractivity contribution in [2.75, 3.05) is 27.1 Å². The van der Waals surface area contributed by atoms with Crippen molar-refractivity contribution in [1.82, 2.24) is 0 Å². The Morgan fingerprint density at radius 3 is 2.31 bits per heavy atom. The Hall–Kier alpha value is -0.290. The molecule has 0 bridgehead atoms. The first kappa shape index (κ1) is 13.8. The van der Waals surface area contributed by atoms with E-state index in [1.54, 1.807) is 6.08 Å². The summed E-state index contributed by atoms with van der Waals surface area (Å²) in [5, 5.41) is 0. The monoisotopic (exact) mass is 266 g/mol. The van der Waals surface area contributed by atoms with E-state index < -0.39 is 18.1 Å². The zero-order valence-electron chi connectivity index (χ0n) is 9.47. The quantitative estimate of drug-likeness (QED) is 0.441. The van der Waals surface area contributed by atoms with Crippen LogP contribution in [0, 0.1) is 0 Å². The Kier molecular flexibility index (Phi) is 4.62. The van der Waals surface area contributed by atoms with Crippen LogP contribution >= 0.6 is 19.4 Å². The second-order valence-corrected chi connectivity index (χ2v) is 7.24. The molecule has 5 nitrogen and oxygen atoms in total. The average molecular weight is 266 g/mol. The molecule has 0 saturated carbocycles. The molecule has 92 valence electrons. The lowest BCUT2D eigenvalue weighted by Crippen LogP contribution is -2.38. The number of thioether (sulfide) groups is 1. The SMILES string of the molecule is COC(=O)C1(P(=O)(OC)OC)CC=CCS1. The van der Waals surface area contributed by atoms with Gasteiger partial charge in [-0.25, -0.2) is 4.79 Å². The molecule has 0 aromatic heterocycles. The van der Waals surface area contributed by atoms with Gasteiger partial charge >= 0.3 is 13.6 Å². The second kappa shape index (κ2) is 5.36. The van der Waals surface area contributed by atoms with Crippen molar-refractivity contribution in [3.63, 3.8) is 0 Å². The van der Waals surface area contributed by atoms with E-state index in [1.165, 1.54) is 33.1 Å². The lowest BCUT2D eigenvalue weighted by molar-refractivity contribution is -0.141. The summed E-state index contributed by atoms with van der Waals surface area (Å²) in [6, 6.07) is 0. The molecule has 0 fully saturated rings. The summed E-state index contributed by atoms with van der Waals surface area (Å²) in [7, 11) is 0.283. The maximum absolute atomic E-state index is 12.4. The number of rotatable bonds is 4. The largest absolute Gasteiger partial charge is 0.467 e. The number of methoxy groups -OCH3 is 1. The standard InChI is InChI=1S/C9H15O5PS/c1-12-8(10)9(6-4-5-7-16-9)15(11,13-2)14-3/h4-5H,6-7H2,1-3H3. The van der Waals surface area contributed by atoms with Crippen LogP contribution in [-0.2, 0) is 23.1 Å². The fourth-order valence-corrected chi connectivity index (χ4v) is 5.14. The van der Waals surface area contributed by atoms with E-state index in [-0.39, 0.29) is 6.42 Å². The molecular formula is C9H15O5PS. The first-order valence-corrected chi connectivity index (χ1v) is 7.18. The highest BCUT2D eigenvalue weighted by atomic mass is 32.2. The fraction of sp³-hybridized carbons (Fsp3) is 0.667. The van der Waals surface area contributed by atoms with Gasteiger partial charge in [-0.3, -0.25) is 4.57 Å². The van der Waals surface area contributed by atoms with E-state index in [1.807, 2.05) is 6.08 Å². The van der Waals surface area contributed by atoms with Gasteiger partial charge in [0.05, 0.1) is 7.11 Å². The molecule has 0 aliphatic carbocycles. The first-order chi connectivity index (χ1) is 7.56. The zero-order chi connectivity index (χ0) is 12.2. The zero-order valence-corrected chi connectivity index (χ0v) is 11.2. The minimum atomic E-state index is -3.52. The van der Waals surface area contributed by atoms with Crippen LogP contribution in [0.5, 0.6) is 0 Å². The third-order valence-corrected chi connectivity index (χ3v) is 6.85. The highest BCUT2D eigenvalue weighted by molar-refractivity contribution is 8.07. The van der Waals surface area contributed by atoms with Gasteiger partial charge < -0.3 is 13.8 Å². The number of allylic oxidation sites excluding steroid dienone is 1. The molecule has 0 saturated heterocycles. The molecule has 1 heterocycles. The summed E-state index contributed by atoms with van der Waals surface area (Å²) < 4.78 is 25.7. The Labute approximate surface area is 99.1 Å². The number of hydrogen-bond donors (Lipinski definition) is 0. The van der Waals surface area contributed by atoms with Crippen molar-refractivity contribution in [3.8, 4) is 0 Å². The molecule has 0 aromatic carbocycles. The fourth-order valence-electron chi connectivity index (χ4n) is 1.53. The third-order valence-electron chi connectivity index (χ3n) is 2.41. The second-order valence-electron chi connectivity index (χ2n) is 3.13. The molecule has 0 N–H and O–H groups in total. The molecule has 1 aliphatic rings. The van der Waals surface area contributed by atoms with Crippen LogP contribution in [0.15, 0.2) is 12.2 Å². The molecule has 1 unspecified atom stereocenters. The Bertz CT molecular complexity index is 335. The smallest absolute Gasteiger partial charge is 0.357 e. The van der Waals surface area contributed by atoms with Crippen LogP contribution in [0.1, 0.15) is 6.42 Å². The summed E-state index contributed by atoms with van der Waals surface area (Å²) in [6.07, 6.45) is 3.98. The van der Waals surface area contributed by atoms with Crippen molar-refractivity contribution in [1.29, 1.82) is 0 Å². The van der Waals surface area contributed by atoms with Crippen LogP contribution in [0.2, 0.25) is 0 Å². The Balaban J connectivity index is 3.18. The van der Waals surface area contributed by atoms with Crippen molar-refractivity contribution < 1.29 is 23.1 Å². The van der Waals surface area contributed by atoms with E-state index in [0.717, 1.165) is 0 Å². The van der Waals surface area contributed by atoms with Crippen LogP contribution in [0.4, 0.5) is 0 Å². The summed E-state index contributed by atoms with van der Waals surface area (Å²) in [5.74, 6) is 0.000100. The summed E-state index contributed by atoms with van der Waals surface area (Å²) in [5.41, 5.74) is 0. The van der Waals surface area contributed by atoms with Crippen LogP contribution in [0.25, 0.3) is 0 Å².